The number of hydrogen-bond acceptors (Lipinski definition) is 12. The SMILES string of the molecule is c1ccc(-c2nc(-c3ccncc3)nc(-c3cccc(-n4c5ccccc5c5cc(-c6ccc7[nH]c8ccccc8c7c6)ccc54)c3)n2)cc1.c1ccc(-c2nc(-c3ccncc3)nc(-c3cccc(-n4c5ccccc5c5cc(-c6ccc7c(c6)c6ccccc6n7-c6cccc(-c7nc(-c8ccccc8)nc(-c8ccncc8)n7)c6)ccc54)c3)n2)cc1. The maximum absolute atomic E-state index is 5.03. The number of para-hydroxylation sites is 4. The van der Waals surface area contributed by atoms with Crippen LogP contribution in [0.1, 0.15) is 0 Å². The fourth-order valence-electron chi connectivity index (χ4n) is 17.2. The second kappa shape index (κ2) is 30.6. The molecule has 0 aliphatic heterocycles. The van der Waals surface area contributed by atoms with Crippen molar-refractivity contribution < 1.29 is 0 Å². The van der Waals surface area contributed by atoms with Crippen LogP contribution in [-0.2, 0) is 0 Å². The molecule has 0 atom stereocenters. The number of nitrogens with one attached hydrogen (secondary N) is 1. The highest BCUT2D eigenvalue weighted by Gasteiger charge is 2.23. The predicted octanol–water partition coefficient (Wildman–Crippen LogP) is 25.4. The summed E-state index contributed by atoms with van der Waals surface area (Å²) in [6.45, 7) is 0. The fraction of sp³-hybridized carbons (Fsp3) is 0. The Kier molecular flexibility index (Phi) is 17.8. The number of aromatic amines is 1. The van der Waals surface area contributed by atoms with Crippen LogP contribution in [0, 0.1) is 0 Å². The Morgan fingerprint density at radius 3 is 0.726 bits per heavy atom. The van der Waals surface area contributed by atoms with Crippen molar-refractivity contribution in [3.05, 3.63) is 407 Å². The summed E-state index contributed by atoms with van der Waals surface area (Å²) in [5.41, 5.74) is 24.8. The second-order valence-corrected chi connectivity index (χ2v) is 30.6. The third-order valence-corrected chi connectivity index (χ3v) is 23.1. The Hall–Kier alpha value is -17.2. The van der Waals surface area contributed by atoms with Gasteiger partial charge in [-0.1, -0.05) is 224 Å². The highest BCUT2D eigenvalue weighted by molar-refractivity contribution is 6.15. The largest absolute Gasteiger partial charge is 0.355 e. The van der Waals surface area contributed by atoms with E-state index in [1.165, 1.54) is 43.4 Å². The van der Waals surface area contributed by atoms with Gasteiger partial charge in [0.15, 0.2) is 52.4 Å². The van der Waals surface area contributed by atoms with E-state index in [-0.39, 0.29) is 0 Å². The van der Waals surface area contributed by atoms with Gasteiger partial charge in [0.1, 0.15) is 0 Å². The van der Waals surface area contributed by atoms with Crippen molar-refractivity contribution in [2.75, 3.05) is 0 Å². The number of fused-ring (bicyclic) bond motifs is 12. The van der Waals surface area contributed by atoms with Crippen LogP contribution in [0.15, 0.2) is 407 Å². The van der Waals surface area contributed by atoms with Gasteiger partial charge in [0, 0.05) is 158 Å². The lowest BCUT2D eigenvalue weighted by Gasteiger charge is -2.12. The highest BCUT2D eigenvalue weighted by Crippen LogP contribution is 2.43. The van der Waals surface area contributed by atoms with Gasteiger partial charge in [-0.3, -0.25) is 15.0 Å². The van der Waals surface area contributed by atoms with E-state index in [0.29, 0.717) is 52.4 Å². The van der Waals surface area contributed by atoms with Crippen molar-refractivity contribution in [1.82, 2.24) is 78.5 Å². The van der Waals surface area contributed by atoms with Gasteiger partial charge in [-0.2, -0.15) is 0 Å². The van der Waals surface area contributed by atoms with Crippen LogP contribution in [-0.4, -0.2) is 78.5 Å². The van der Waals surface area contributed by atoms with Gasteiger partial charge < -0.3 is 18.7 Å². The predicted molar refractivity (Wildman–Crippen MR) is 499 cm³/mol. The lowest BCUT2D eigenvalue weighted by atomic mass is 10.0. The van der Waals surface area contributed by atoms with Crippen molar-refractivity contribution in [3.8, 4) is 142 Å². The Balaban J connectivity index is 0.000000154. The van der Waals surface area contributed by atoms with Crippen molar-refractivity contribution >= 4 is 87.2 Å². The first kappa shape index (κ1) is 72.0. The molecule has 0 spiro atoms. The number of rotatable bonds is 14. The number of benzene rings is 14. The van der Waals surface area contributed by atoms with E-state index in [9.17, 15) is 0 Å². The molecule has 0 radical (unpaired) electrons. The molecule has 0 aliphatic rings. The first-order valence-corrected chi connectivity index (χ1v) is 41.0. The molecule has 0 saturated heterocycles. The number of pyridine rings is 3. The summed E-state index contributed by atoms with van der Waals surface area (Å²) >= 11 is 0. The average molecular weight is 1590 g/mol. The molecule has 1 N–H and O–H groups in total. The molecule has 0 fully saturated rings. The number of nitrogens with zero attached hydrogens (tertiary/aromatic N) is 15. The minimum Gasteiger partial charge on any atom is -0.355 e. The molecule has 0 bridgehead atoms. The van der Waals surface area contributed by atoms with Crippen molar-refractivity contribution in [2.24, 2.45) is 0 Å². The van der Waals surface area contributed by atoms with E-state index in [1.54, 1.807) is 37.2 Å². The van der Waals surface area contributed by atoms with Gasteiger partial charge in [0.05, 0.1) is 33.1 Å². The van der Waals surface area contributed by atoms with E-state index in [1.807, 2.05) is 127 Å². The minimum absolute atomic E-state index is 0.591. The molecule has 24 aromatic rings. The Morgan fingerprint density at radius 1 is 0.153 bits per heavy atom. The smallest absolute Gasteiger partial charge is 0.164 e. The zero-order chi connectivity index (χ0) is 82.0. The molecule has 16 heteroatoms. The van der Waals surface area contributed by atoms with E-state index in [0.717, 1.165) is 133 Å². The lowest BCUT2D eigenvalue weighted by molar-refractivity contribution is 1.07. The highest BCUT2D eigenvalue weighted by atomic mass is 15.1. The van der Waals surface area contributed by atoms with Crippen LogP contribution in [0.4, 0.5) is 0 Å². The van der Waals surface area contributed by atoms with Crippen LogP contribution in [0.5, 0.6) is 0 Å². The third-order valence-electron chi connectivity index (χ3n) is 23.1. The fourth-order valence-corrected chi connectivity index (χ4v) is 17.2. The second-order valence-electron chi connectivity index (χ2n) is 30.6. The van der Waals surface area contributed by atoms with E-state index in [2.05, 4.69) is 276 Å². The van der Waals surface area contributed by atoms with Gasteiger partial charge in [-0.25, -0.2) is 44.9 Å². The molecule has 24 rings (SSSR count). The topological polar surface area (TPSA) is 185 Å². The Bertz CT molecular complexity index is 7780. The standard InChI is InChI=1S/C64H40N10.C44H28N6/c1-3-13-41(14-4-1)59-67-61(43-29-33-65-34-30-43)71-63(69-59)47-17-11-19-49(37-47)73-55-23-9-7-21-51(55)53-39-45(25-27-57(53)73)46-26-28-58-54(40-46)52-22-8-10-24-56(52)74(58)50-20-12-18-48(38-50)64-70-60(42-15-5-2-6-16-42)68-62(72-64)44-31-35-66-36-32-44;1-2-9-28(10-3-1)42-47-43(29-21-23-45-24-22-29)49-44(48-42)32-11-8-12-33(25-32)50-40-16-7-5-14-35(40)37-27-31(18-20-41(37)50)30-17-19-39-36(26-30)34-13-4-6-15-38(34)46-39/h1-40H;1-27,46H. The minimum atomic E-state index is 0.591. The van der Waals surface area contributed by atoms with Crippen LogP contribution in [0.25, 0.3) is 229 Å². The van der Waals surface area contributed by atoms with E-state index in [4.69, 9.17) is 44.9 Å². The number of aromatic nitrogens is 16. The van der Waals surface area contributed by atoms with Gasteiger partial charge >= 0.3 is 0 Å². The molecule has 0 amide bonds. The zero-order valence-corrected chi connectivity index (χ0v) is 66.4. The van der Waals surface area contributed by atoms with Crippen molar-refractivity contribution in [3.63, 3.8) is 0 Å². The van der Waals surface area contributed by atoms with Gasteiger partial charge in [0.25, 0.3) is 0 Å². The quantitative estimate of drug-likeness (QED) is 0.109. The van der Waals surface area contributed by atoms with Gasteiger partial charge in [-0.05, 0) is 168 Å². The molecule has 0 unspecified atom stereocenters. The molecule has 124 heavy (non-hydrogen) atoms. The Labute approximate surface area is 710 Å². The summed E-state index contributed by atoms with van der Waals surface area (Å²) < 4.78 is 7.01. The molecule has 0 aliphatic carbocycles. The monoisotopic (exact) mass is 1590 g/mol. The summed E-state index contributed by atoms with van der Waals surface area (Å²) in [7, 11) is 0. The summed E-state index contributed by atoms with van der Waals surface area (Å²) in [6.07, 6.45) is 10.6. The average Bonchev–Trinajstić information content (AvgIpc) is 1.59. The molecule has 580 valence electrons. The normalized spacial score (nSPS) is 11.5. The van der Waals surface area contributed by atoms with Crippen LogP contribution >= 0.6 is 0 Å². The maximum atomic E-state index is 5.03. The molecule has 14 aromatic carbocycles. The molecule has 0 saturated carbocycles. The van der Waals surface area contributed by atoms with Crippen LogP contribution in [0.3, 0.4) is 0 Å². The zero-order valence-electron chi connectivity index (χ0n) is 66.4. The van der Waals surface area contributed by atoms with E-state index >= 15 is 0 Å². The van der Waals surface area contributed by atoms with E-state index < -0.39 is 0 Å². The van der Waals surface area contributed by atoms with Crippen molar-refractivity contribution in [1.29, 1.82) is 0 Å². The maximum Gasteiger partial charge on any atom is 0.164 e. The summed E-state index contributed by atoms with van der Waals surface area (Å²) in [6, 6.07) is 129. The summed E-state index contributed by atoms with van der Waals surface area (Å²) in [4.78, 5) is 60.9. The first-order valence-electron chi connectivity index (χ1n) is 41.0. The molecular formula is C108H68N16. The summed E-state index contributed by atoms with van der Waals surface area (Å²) in [5.74, 6) is 5.44. The van der Waals surface area contributed by atoms with Crippen molar-refractivity contribution in [2.45, 2.75) is 0 Å². The number of hydrogen-bond donors (Lipinski definition) is 1. The Morgan fingerprint density at radius 2 is 0.395 bits per heavy atom. The lowest BCUT2D eigenvalue weighted by Crippen LogP contribution is -2.01. The van der Waals surface area contributed by atoms with Gasteiger partial charge in [0.2, 0.25) is 0 Å². The number of H-pyrrole nitrogens is 1. The van der Waals surface area contributed by atoms with Gasteiger partial charge in [-0.15, -0.1) is 0 Å². The van der Waals surface area contributed by atoms with Crippen LogP contribution < -0.4 is 0 Å². The molecule has 10 aromatic heterocycles. The molecule has 16 nitrogen and oxygen atoms in total. The third kappa shape index (κ3) is 13.2. The summed E-state index contributed by atoms with van der Waals surface area (Å²) in [5, 5.41) is 9.54. The first-order chi connectivity index (χ1) is 61.4. The molecule has 10 heterocycles. The molecular weight excluding hydrogens is 1520 g/mol. The van der Waals surface area contributed by atoms with Crippen LogP contribution in [0.2, 0.25) is 0 Å².